The first-order valence-corrected chi connectivity index (χ1v) is 8.61. The maximum atomic E-state index is 3.74. The van der Waals surface area contributed by atoms with Gasteiger partial charge in [-0.1, -0.05) is 41.1 Å². The summed E-state index contributed by atoms with van der Waals surface area (Å²) in [6, 6.07) is 7.18. The molecule has 0 radical (unpaired) electrons. The van der Waals surface area contributed by atoms with Crippen molar-refractivity contribution in [3.05, 3.63) is 34.9 Å². The minimum Gasteiger partial charge on any atom is -0.299 e. The predicted octanol–water partition coefficient (Wildman–Crippen LogP) is 4.17. The molecule has 0 bridgehead atoms. The number of halogens is 1. The van der Waals surface area contributed by atoms with E-state index in [2.05, 4.69) is 46.0 Å². The first-order chi connectivity index (χ1) is 9.22. The molecule has 1 aromatic rings. The first kappa shape index (κ1) is 13.6. The van der Waals surface area contributed by atoms with E-state index < -0.39 is 0 Å². The molecule has 1 saturated heterocycles. The lowest BCUT2D eigenvalue weighted by Crippen LogP contribution is -2.35. The van der Waals surface area contributed by atoms with Gasteiger partial charge in [-0.05, 0) is 67.8 Å². The number of benzene rings is 1. The van der Waals surface area contributed by atoms with Crippen LogP contribution in [0.1, 0.15) is 42.9 Å². The van der Waals surface area contributed by atoms with E-state index in [1.165, 1.54) is 50.8 Å². The molecule has 0 amide bonds. The van der Waals surface area contributed by atoms with Gasteiger partial charge in [0.1, 0.15) is 0 Å². The number of likely N-dealkylation sites (tertiary alicyclic amines) is 1. The molecule has 19 heavy (non-hydrogen) atoms. The van der Waals surface area contributed by atoms with Gasteiger partial charge in [0, 0.05) is 11.4 Å². The Hall–Kier alpha value is -0.340. The van der Waals surface area contributed by atoms with Crippen molar-refractivity contribution >= 4 is 15.9 Å². The lowest BCUT2D eigenvalue weighted by Gasteiger charge is -2.33. The summed E-state index contributed by atoms with van der Waals surface area (Å²) in [6.07, 6.45) is 6.64. The summed E-state index contributed by atoms with van der Waals surface area (Å²) >= 11 is 3.74. The highest BCUT2D eigenvalue weighted by molar-refractivity contribution is 9.09. The van der Waals surface area contributed by atoms with Crippen LogP contribution in [0.4, 0.5) is 0 Å². The van der Waals surface area contributed by atoms with E-state index >= 15 is 0 Å². The van der Waals surface area contributed by atoms with Crippen molar-refractivity contribution in [2.75, 3.05) is 13.1 Å². The minimum atomic E-state index is 0.676. The first-order valence-electron chi connectivity index (χ1n) is 7.69. The normalized spacial score (nSPS) is 22.4. The second-order valence-electron chi connectivity index (χ2n) is 6.25. The minimum absolute atomic E-state index is 0.676. The number of alkyl halides is 1. The Morgan fingerprint density at radius 2 is 1.95 bits per heavy atom. The molecule has 2 aliphatic rings. The number of hydrogen-bond donors (Lipinski definition) is 0. The molecule has 1 unspecified atom stereocenters. The van der Waals surface area contributed by atoms with Crippen LogP contribution in [0.25, 0.3) is 0 Å². The molecule has 1 nitrogen and oxygen atoms in total. The number of aryl methyl sites for hydroxylation is 2. The Labute approximate surface area is 125 Å². The van der Waals surface area contributed by atoms with Crippen molar-refractivity contribution in [2.24, 2.45) is 5.92 Å². The summed E-state index contributed by atoms with van der Waals surface area (Å²) in [5.74, 6) is 0.872. The average molecular weight is 322 g/mol. The number of rotatable bonds is 3. The summed E-state index contributed by atoms with van der Waals surface area (Å²) < 4.78 is 0. The van der Waals surface area contributed by atoms with Gasteiger partial charge in [-0.3, -0.25) is 4.90 Å². The quantitative estimate of drug-likeness (QED) is 0.755. The molecule has 1 aromatic carbocycles. The molecule has 0 spiro atoms. The van der Waals surface area contributed by atoms with E-state index in [-0.39, 0.29) is 0 Å². The second kappa shape index (κ2) is 5.97. The van der Waals surface area contributed by atoms with Gasteiger partial charge in [-0.15, -0.1) is 0 Å². The van der Waals surface area contributed by atoms with Crippen LogP contribution in [0.15, 0.2) is 18.2 Å². The summed E-state index contributed by atoms with van der Waals surface area (Å²) in [4.78, 5) is 3.30. The fourth-order valence-corrected chi connectivity index (χ4v) is 4.08. The fraction of sp³-hybridized carbons (Fsp3) is 0.647. The Bertz CT molecular complexity index is 433. The van der Waals surface area contributed by atoms with Crippen molar-refractivity contribution in [1.29, 1.82) is 0 Å². The number of nitrogens with zero attached hydrogens (tertiary/aromatic N) is 1. The van der Waals surface area contributed by atoms with Crippen LogP contribution < -0.4 is 0 Å². The van der Waals surface area contributed by atoms with Crippen LogP contribution in [-0.2, 0) is 19.4 Å². The summed E-state index contributed by atoms with van der Waals surface area (Å²) in [5, 5.41) is 0. The average Bonchev–Trinajstić information content (AvgIpc) is 2.87. The molecule has 1 aliphatic carbocycles. The van der Waals surface area contributed by atoms with Gasteiger partial charge in [0.2, 0.25) is 0 Å². The highest BCUT2D eigenvalue weighted by atomic mass is 79.9. The second-order valence-corrected chi connectivity index (χ2v) is 7.69. The SMILES string of the molecule is CC(Br)C1CCN(Cc2ccc3c(c2)CCC3)CC1. The van der Waals surface area contributed by atoms with Crippen molar-refractivity contribution in [3.8, 4) is 0 Å². The molecular weight excluding hydrogens is 298 g/mol. The third-order valence-corrected chi connectivity index (χ3v) is 5.60. The number of hydrogen-bond acceptors (Lipinski definition) is 1. The van der Waals surface area contributed by atoms with E-state index in [1.54, 1.807) is 11.1 Å². The van der Waals surface area contributed by atoms with Crippen molar-refractivity contribution < 1.29 is 0 Å². The zero-order valence-corrected chi connectivity index (χ0v) is 13.5. The molecule has 2 heteroatoms. The highest BCUT2D eigenvalue weighted by Crippen LogP contribution is 2.27. The lowest BCUT2D eigenvalue weighted by atomic mass is 9.94. The fourth-order valence-electron chi connectivity index (χ4n) is 3.55. The van der Waals surface area contributed by atoms with Crippen LogP contribution in [0, 0.1) is 5.92 Å². The summed E-state index contributed by atoms with van der Waals surface area (Å²) in [6.45, 7) is 5.97. The largest absolute Gasteiger partial charge is 0.299 e. The highest BCUT2D eigenvalue weighted by Gasteiger charge is 2.22. The standard InChI is InChI=1S/C17H24BrN/c1-13(18)15-7-9-19(10-8-15)12-14-5-6-16-3-2-4-17(16)11-14/h5-6,11,13,15H,2-4,7-10,12H2,1H3. The van der Waals surface area contributed by atoms with Crippen molar-refractivity contribution in [3.63, 3.8) is 0 Å². The Balaban J connectivity index is 1.58. The molecular formula is C17H24BrN. The Kier molecular flexibility index (Phi) is 4.28. The topological polar surface area (TPSA) is 3.24 Å². The molecule has 1 aliphatic heterocycles. The van der Waals surface area contributed by atoms with Gasteiger partial charge in [0.15, 0.2) is 0 Å². The number of fused-ring (bicyclic) bond motifs is 1. The van der Waals surface area contributed by atoms with Gasteiger partial charge < -0.3 is 0 Å². The van der Waals surface area contributed by atoms with Crippen LogP contribution in [0.3, 0.4) is 0 Å². The van der Waals surface area contributed by atoms with Gasteiger partial charge in [0.05, 0.1) is 0 Å². The molecule has 0 aromatic heterocycles. The molecule has 1 fully saturated rings. The molecule has 0 saturated carbocycles. The summed E-state index contributed by atoms with van der Waals surface area (Å²) in [5.41, 5.74) is 4.73. The third-order valence-electron chi connectivity index (χ3n) is 4.85. The van der Waals surface area contributed by atoms with Gasteiger partial charge in [-0.2, -0.15) is 0 Å². The van der Waals surface area contributed by atoms with E-state index in [9.17, 15) is 0 Å². The lowest BCUT2D eigenvalue weighted by molar-refractivity contribution is 0.178. The zero-order chi connectivity index (χ0) is 13.2. The van der Waals surface area contributed by atoms with Gasteiger partial charge >= 0.3 is 0 Å². The van der Waals surface area contributed by atoms with E-state index in [4.69, 9.17) is 0 Å². The predicted molar refractivity (Wildman–Crippen MR) is 84.9 cm³/mol. The molecule has 1 heterocycles. The van der Waals surface area contributed by atoms with E-state index in [1.807, 2.05) is 0 Å². The zero-order valence-electron chi connectivity index (χ0n) is 11.9. The van der Waals surface area contributed by atoms with Gasteiger partial charge in [0.25, 0.3) is 0 Å². The Morgan fingerprint density at radius 3 is 2.68 bits per heavy atom. The maximum Gasteiger partial charge on any atom is 0.0233 e. The van der Waals surface area contributed by atoms with Crippen molar-refractivity contribution in [2.45, 2.75) is 50.4 Å². The molecule has 3 rings (SSSR count). The van der Waals surface area contributed by atoms with Crippen molar-refractivity contribution in [1.82, 2.24) is 4.90 Å². The Morgan fingerprint density at radius 1 is 1.21 bits per heavy atom. The molecule has 104 valence electrons. The van der Waals surface area contributed by atoms with E-state index in [0.29, 0.717) is 4.83 Å². The molecule has 1 atom stereocenters. The molecule has 0 N–H and O–H groups in total. The third kappa shape index (κ3) is 3.22. The monoisotopic (exact) mass is 321 g/mol. The van der Waals surface area contributed by atoms with Crippen LogP contribution in [0.5, 0.6) is 0 Å². The van der Waals surface area contributed by atoms with E-state index in [0.717, 1.165) is 12.5 Å². The maximum absolute atomic E-state index is 3.74. The number of piperidine rings is 1. The smallest absolute Gasteiger partial charge is 0.0233 e. The van der Waals surface area contributed by atoms with Crippen LogP contribution in [0.2, 0.25) is 0 Å². The van der Waals surface area contributed by atoms with Gasteiger partial charge in [-0.25, -0.2) is 0 Å². The van der Waals surface area contributed by atoms with Crippen LogP contribution >= 0.6 is 15.9 Å². The van der Waals surface area contributed by atoms with Crippen LogP contribution in [-0.4, -0.2) is 22.8 Å². The summed E-state index contributed by atoms with van der Waals surface area (Å²) in [7, 11) is 0.